The first kappa shape index (κ1) is 20.0. The van der Waals surface area contributed by atoms with Gasteiger partial charge in [0.25, 0.3) is 0 Å². The molecule has 5 N–H and O–H groups in total. The molecule has 6 atom stereocenters. The Bertz CT molecular complexity index is 827. The zero-order chi connectivity index (χ0) is 20.6. The summed E-state index contributed by atoms with van der Waals surface area (Å²) in [6.45, 7) is 1.60. The highest BCUT2D eigenvalue weighted by molar-refractivity contribution is 5.80. The summed E-state index contributed by atoms with van der Waals surface area (Å²) in [5, 5.41) is 36.0. The van der Waals surface area contributed by atoms with Crippen LogP contribution in [0, 0.1) is 0 Å². The molecule has 0 spiro atoms. The minimum atomic E-state index is -1.70. The summed E-state index contributed by atoms with van der Waals surface area (Å²) < 4.78 is 5.49. The lowest BCUT2D eigenvalue weighted by molar-refractivity contribution is -0.107. The first-order chi connectivity index (χ1) is 13.9. The molecule has 0 radical (unpaired) electrons. The lowest BCUT2D eigenvalue weighted by Gasteiger charge is -2.36. The van der Waals surface area contributed by atoms with E-state index in [2.05, 4.69) is 21.7 Å². The molecule has 4 rings (SSSR count). The smallest absolute Gasteiger partial charge is 0.325 e. The highest BCUT2D eigenvalue weighted by Gasteiger charge is 2.55. The Morgan fingerprint density at radius 3 is 2.90 bits per heavy atom. The van der Waals surface area contributed by atoms with Gasteiger partial charge in [-0.2, -0.15) is 0 Å². The Labute approximate surface area is 168 Å². The second kappa shape index (κ2) is 7.85. The number of benzene rings is 1. The molecule has 0 aliphatic carbocycles. The molecule has 1 aromatic rings. The van der Waals surface area contributed by atoms with Gasteiger partial charge in [-0.3, -0.25) is 15.2 Å². The minimum absolute atomic E-state index is 0.248. The Morgan fingerprint density at radius 1 is 1.38 bits per heavy atom. The second-order valence-electron chi connectivity index (χ2n) is 7.74. The third kappa shape index (κ3) is 3.67. The molecule has 3 aliphatic rings. The monoisotopic (exact) mass is 402 g/mol. The van der Waals surface area contributed by atoms with E-state index in [-0.39, 0.29) is 12.1 Å². The molecule has 0 saturated carbocycles. The summed E-state index contributed by atoms with van der Waals surface area (Å²) in [5.74, 6) is 0.248. The van der Waals surface area contributed by atoms with E-state index in [1.165, 1.54) is 23.6 Å². The van der Waals surface area contributed by atoms with Crippen LogP contribution < -0.4 is 10.6 Å². The molecule has 9 nitrogen and oxygen atoms in total. The molecule has 29 heavy (non-hydrogen) atoms. The average Bonchev–Trinajstić information content (AvgIpc) is 3.21. The third-order valence-corrected chi connectivity index (χ3v) is 5.69. The Morgan fingerprint density at radius 2 is 2.17 bits per heavy atom. The van der Waals surface area contributed by atoms with E-state index in [1.54, 1.807) is 6.08 Å². The van der Waals surface area contributed by atoms with Crippen molar-refractivity contribution in [1.29, 1.82) is 0 Å². The maximum atomic E-state index is 12.5. The standard InChI is InChI=1S/C20H26N4O5/c1-20(28)17(26)15(11-25)29-18(20)24-9-7-16(23-19(24)27)21-8-6-12-10-22-14-5-3-2-4-13(12)14/h2-5,7,9-10,12,15-18,21,25-26,28H,6,8,11H2,1H3,(H,23,27)/t12?,15?,16?,17?,18?,20-/m1/s1. The summed E-state index contributed by atoms with van der Waals surface area (Å²) in [7, 11) is 0. The second-order valence-corrected chi connectivity index (χ2v) is 7.74. The van der Waals surface area contributed by atoms with Crippen molar-refractivity contribution in [3.63, 3.8) is 0 Å². The van der Waals surface area contributed by atoms with Crippen molar-refractivity contribution in [2.75, 3.05) is 13.2 Å². The molecule has 0 aromatic heterocycles. The van der Waals surface area contributed by atoms with Crippen LogP contribution in [-0.4, -0.2) is 75.8 Å². The Kier molecular flexibility index (Phi) is 5.41. The zero-order valence-electron chi connectivity index (χ0n) is 16.1. The number of nitrogens with one attached hydrogen (secondary N) is 2. The fraction of sp³-hybridized carbons (Fsp3) is 0.500. The lowest BCUT2D eigenvalue weighted by Crippen LogP contribution is -2.59. The largest absolute Gasteiger partial charge is 0.394 e. The number of aliphatic hydroxyl groups excluding tert-OH is 2. The number of ether oxygens (including phenoxy) is 1. The van der Waals surface area contributed by atoms with Crippen molar-refractivity contribution in [2.45, 2.75) is 49.5 Å². The summed E-state index contributed by atoms with van der Waals surface area (Å²) >= 11 is 0. The summed E-state index contributed by atoms with van der Waals surface area (Å²) in [6.07, 6.45) is 2.34. The quantitative estimate of drug-likeness (QED) is 0.461. The predicted octanol–water partition coefficient (Wildman–Crippen LogP) is 0.160. The van der Waals surface area contributed by atoms with Gasteiger partial charge in [0, 0.05) is 18.3 Å². The number of nitrogens with zero attached hydrogens (tertiary/aromatic N) is 2. The van der Waals surface area contributed by atoms with E-state index in [4.69, 9.17) is 4.74 Å². The highest BCUT2D eigenvalue weighted by Crippen LogP contribution is 2.34. The lowest BCUT2D eigenvalue weighted by atomic mass is 9.96. The highest BCUT2D eigenvalue weighted by atomic mass is 16.6. The van der Waals surface area contributed by atoms with Crippen LogP contribution in [0.2, 0.25) is 0 Å². The number of fused-ring (bicyclic) bond motifs is 1. The molecule has 156 valence electrons. The number of aliphatic hydroxyl groups is 3. The van der Waals surface area contributed by atoms with Crippen LogP contribution in [0.1, 0.15) is 24.8 Å². The number of urea groups is 1. The van der Waals surface area contributed by atoms with Gasteiger partial charge in [0.05, 0.1) is 12.3 Å². The van der Waals surface area contributed by atoms with Crippen LogP contribution in [0.5, 0.6) is 0 Å². The molecule has 1 fully saturated rings. The van der Waals surface area contributed by atoms with Crippen molar-refractivity contribution in [3.05, 3.63) is 42.1 Å². The molecule has 2 amide bonds. The molecule has 3 aliphatic heterocycles. The third-order valence-electron chi connectivity index (χ3n) is 5.69. The number of hydrogen-bond donors (Lipinski definition) is 5. The number of carbonyl (C=O) groups is 1. The van der Waals surface area contributed by atoms with Gasteiger partial charge in [-0.05, 0) is 37.6 Å². The van der Waals surface area contributed by atoms with Crippen LogP contribution in [0.4, 0.5) is 10.5 Å². The van der Waals surface area contributed by atoms with Crippen LogP contribution >= 0.6 is 0 Å². The molecular weight excluding hydrogens is 376 g/mol. The molecule has 5 unspecified atom stereocenters. The number of rotatable bonds is 6. The van der Waals surface area contributed by atoms with Crippen LogP contribution in [-0.2, 0) is 4.74 Å². The van der Waals surface area contributed by atoms with E-state index in [0.29, 0.717) is 6.54 Å². The van der Waals surface area contributed by atoms with Crippen molar-refractivity contribution in [2.24, 2.45) is 4.99 Å². The first-order valence-corrected chi connectivity index (χ1v) is 9.72. The zero-order valence-corrected chi connectivity index (χ0v) is 16.1. The summed E-state index contributed by atoms with van der Waals surface area (Å²) in [6, 6.07) is 7.59. The molecule has 0 bridgehead atoms. The number of hydrogen-bond acceptors (Lipinski definition) is 7. The van der Waals surface area contributed by atoms with Gasteiger partial charge < -0.3 is 25.4 Å². The Balaban J connectivity index is 1.33. The molecule has 9 heteroatoms. The Hall–Kier alpha value is -2.30. The topological polar surface area (TPSA) is 127 Å². The van der Waals surface area contributed by atoms with Crippen LogP contribution in [0.3, 0.4) is 0 Å². The molecule has 1 aromatic carbocycles. The predicted molar refractivity (Wildman–Crippen MR) is 106 cm³/mol. The van der Waals surface area contributed by atoms with Gasteiger partial charge in [-0.15, -0.1) is 0 Å². The molecular formula is C20H26N4O5. The number of para-hydroxylation sites is 1. The number of amides is 2. The fourth-order valence-electron chi connectivity index (χ4n) is 3.99. The summed E-state index contributed by atoms with van der Waals surface area (Å²) in [4.78, 5) is 18.1. The van der Waals surface area contributed by atoms with E-state index < -0.39 is 36.7 Å². The van der Waals surface area contributed by atoms with E-state index in [0.717, 1.165) is 12.1 Å². The van der Waals surface area contributed by atoms with Crippen molar-refractivity contribution in [1.82, 2.24) is 15.5 Å². The minimum Gasteiger partial charge on any atom is -0.394 e. The normalized spacial score (nSPS) is 35.8. The van der Waals surface area contributed by atoms with Gasteiger partial charge >= 0.3 is 6.03 Å². The van der Waals surface area contributed by atoms with Gasteiger partial charge in [0.15, 0.2) is 6.23 Å². The van der Waals surface area contributed by atoms with E-state index in [1.807, 2.05) is 24.4 Å². The van der Waals surface area contributed by atoms with E-state index >= 15 is 0 Å². The van der Waals surface area contributed by atoms with Crippen molar-refractivity contribution < 1.29 is 24.9 Å². The first-order valence-electron chi connectivity index (χ1n) is 9.72. The van der Waals surface area contributed by atoms with Gasteiger partial charge in [0.2, 0.25) is 0 Å². The van der Waals surface area contributed by atoms with Crippen molar-refractivity contribution in [3.8, 4) is 0 Å². The van der Waals surface area contributed by atoms with Gasteiger partial charge in [0.1, 0.15) is 24.0 Å². The van der Waals surface area contributed by atoms with Gasteiger partial charge in [-0.1, -0.05) is 18.2 Å². The number of carbonyl (C=O) groups excluding carboxylic acids is 1. The maximum Gasteiger partial charge on any atom is 0.325 e. The molecule has 3 heterocycles. The van der Waals surface area contributed by atoms with Crippen LogP contribution in [0.25, 0.3) is 0 Å². The van der Waals surface area contributed by atoms with Crippen molar-refractivity contribution >= 4 is 17.9 Å². The van der Waals surface area contributed by atoms with E-state index in [9.17, 15) is 20.1 Å². The maximum absolute atomic E-state index is 12.5. The van der Waals surface area contributed by atoms with Gasteiger partial charge in [-0.25, -0.2) is 4.79 Å². The fourth-order valence-corrected chi connectivity index (χ4v) is 3.99. The number of aliphatic imine (C=N–C) groups is 1. The average molecular weight is 402 g/mol. The molecule has 1 saturated heterocycles. The SMILES string of the molecule is C[C@@]1(O)C(O)C(CO)OC1N1C=CC(NCCC2C=Nc3ccccc32)NC1=O. The van der Waals surface area contributed by atoms with Crippen LogP contribution in [0.15, 0.2) is 41.5 Å². The summed E-state index contributed by atoms with van der Waals surface area (Å²) in [5.41, 5.74) is 0.511.